The van der Waals surface area contributed by atoms with Gasteiger partial charge in [0.25, 0.3) is 0 Å². The van der Waals surface area contributed by atoms with Crippen LogP contribution < -0.4 is 0 Å². The average molecular weight is 258 g/mol. The number of carbonyl (C=O) groups excluding carboxylic acids is 1. The van der Waals surface area contributed by atoms with Crippen LogP contribution in [0, 0.1) is 0 Å². The lowest BCUT2D eigenvalue weighted by molar-refractivity contribution is -0.140. The number of rotatable bonds is 9. The van der Waals surface area contributed by atoms with Crippen LogP contribution in [0.25, 0.3) is 0 Å². The van der Waals surface area contributed by atoms with Crippen molar-refractivity contribution in [2.45, 2.75) is 45.3 Å². The van der Waals surface area contributed by atoms with Crippen LogP contribution in [0.2, 0.25) is 18.1 Å². The van der Waals surface area contributed by atoms with Crippen LogP contribution in [0.5, 0.6) is 0 Å². The van der Waals surface area contributed by atoms with Crippen molar-refractivity contribution in [2.75, 3.05) is 19.8 Å². The minimum Gasteiger partial charge on any atom is -0.460 e. The van der Waals surface area contributed by atoms with Crippen molar-refractivity contribution in [1.29, 1.82) is 0 Å². The molecule has 1 atom stereocenters. The smallest absolute Gasteiger partial charge is 0.333 e. The highest BCUT2D eigenvalue weighted by Crippen LogP contribution is 2.12. The molecule has 0 spiro atoms. The lowest BCUT2D eigenvalue weighted by Gasteiger charge is -2.13. The van der Waals surface area contributed by atoms with Gasteiger partial charge < -0.3 is 9.47 Å². The summed E-state index contributed by atoms with van der Waals surface area (Å²) in [5.74, 6) is -0.338. The number of hydrogen-bond acceptors (Lipinski definition) is 3. The zero-order chi connectivity index (χ0) is 13.3. The Balaban J connectivity index is 3.30. The maximum atomic E-state index is 11.0. The van der Waals surface area contributed by atoms with Crippen molar-refractivity contribution in [2.24, 2.45) is 0 Å². The van der Waals surface area contributed by atoms with E-state index in [1.807, 2.05) is 0 Å². The second kappa shape index (κ2) is 9.42. The molecular formula is C13H26O3Si. The van der Waals surface area contributed by atoms with E-state index < -0.39 is 8.80 Å². The van der Waals surface area contributed by atoms with Gasteiger partial charge in [-0.05, 0) is 13.3 Å². The molecule has 4 heteroatoms. The molecule has 17 heavy (non-hydrogen) atoms. The Morgan fingerprint density at radius 1 is 1.29 bits per heavy atom. The summed E-state index contributed by atoms with van der Waals surface area (Å²) in [4.78, 5) is 11.0. The van der Waals surface area contributed by atoms with Gasteiger partial charge in [-0.2, -0.15) is 0 Å². The highest BCUT2D eigenvalue weighted by atomic mass is 28.3. The van der Waals surface area contributed by atoms with Crippen molar-refractivity contribution < 1.29 is 14.3 Å². The molecule has 0 bridgehead atoms. The molecule has 0 N–H and O–H groups in total. The Hall–Kier alpha value is -0.613. The van der Waals surface area contributed by atoms with E-state index in [1.165, 1.54) is 6.04 Å². The van der Waals surface area contributed by atoms with Crippen LogP contribution in [-0.2, 0) is 14.3 Å². The van der Waals surface area contributed by atoms with Crippen molar-refractivity contribution in [1.82, 2.24) is 0 Å². The first-order valence-corrected chi connectivity index (χ1v) is 8.99. The third-order valence-corrected chi connectivity index (χ3v) is 6.49. The topological polar surface area (TPSA) is 35.5 Å². The van der Waals surface area contributed by atoms with Crippen LogP contribution in [-0.4, -0.2) is 34.6 Å². The SMILES string of the molecule is C=C(C)C(=O)OCCOCCC[SiH](C)C(C)C. The molecule has 0 aliphatic rings. The minimum absolute atomic E-state index is 0.322. The Morgan fingerprint density at radius 3 is 2.47 bits per heavy atom. The summed E-state index contributed by atoms with van der Waals surface area (Å²) in [7, 11) is -0.541. The molecule has 0 fully saturated rings. The van der Waals surface area contributed by atoms with Crippen molar-refractivity contribution >= 4 is 14.8 Å². The quantitative estimate of drug-likeness (QED) is 0.276. The maximum Gasteiger partial charge on any atom is 0.333 e. The first kappa shape index (κ1) is 16.4. The van der Waals surface area contributed by atoms with Crippen molar-refractivity contribution in [3.63, 3.8) is 0 Å². The predicted octanol–water partition coefficient (Wildman–Crippen LogP) is 2.78. The predicted molar refractivity (Wildman–Crippen MR) is 74.1 cm³/mol. The van der Waals surface area contributed by atoms with E-state index in [0.717, 1.165) is 18.6 Å². The number of carbonyl (C=O) groups is 1. The molecule has 1 unspecified atom stereocenters. The Kier molecular flexibility index (Phi) is 9.08. The highest BCUT2D eigenvalue weighted by molar-refractivity contribution is 6.58. The van der Waals surface area contributed by atoms with Crippen LogP contribution >= 0.6 is 0 Å². The van der Waals surface area contributed by atoms with Crippen LogP contribution in [0.1, 0.15) is 27.2 Å². The maximum absolute atomic E-state index is 11.0. The van der Waals surface area contributed by atoms with Crippen LogP contribution in [0.4, 0.5) is 0 Å². The fourth-order valence-corrected chi connectivity index (χ4v) is 2.74. The summed E-state index contributed by atoms with van der Waals surface area (Å²) in [6.07, 6.45) is 1.13. The molecule has 0 rings (SSSR count). The van der Waals surface area contributed by atoms with E-state index in [1.54, 1.807) is 6.92 Å². The van der Waals surface area contributed by atoms with E-state index in [9.17, 15) is 4.79 Å². The van der Waals surface area contributed by atoms with E-state index in [0.29, 0.717) is 18.8 Å². The van der Waals surface area contributed by atoms with E-state index in [4.69, 9.17) is 9.47 Å². The fraction of sp³-hybridized carbons (Fsp3) is 0.769. The zero-order valence-electron chi connectivity index (χ0n) is 11.6. The van der Waals surface area contributed by atoms with Crippen molar-refractivity contribution in [3.05, 3.63) is 12.2 Å². The van der Waals surface area contributed by atoms with Gasteiger partial charge >= 0.3 is 5.97 Å². The zero-order valence-corrected chi connectivity index (χ0v) is 12.8. The van der Waals surface area contributed by atoms with E-state index >= 15 is 0 Å². The van der Waals surface area contributed by atoms with Gasteiger partial charge in [0, 0.05) is 21.0 Å². The summed E-state index contributed by atoms with van der Waals surface area (Å²) in [5, 5.41) is 0. The van der Waals surface area contributed by atoms with Crippen LogP contribution in [0.3, 0.4) is 0 Å². The first-order valence-electron chi connectivity index (χ1n) is 6.35. The Labute approximate surface area is 107 Å². The molecule has 0 aromatic rings. The summed E-state index contributed by atoms with van der Waals surface area (Å²) >= 11 is 0. The number of ether oxygens (including phenoxy) is 2. The molecular weight excluding hydrogens is 232 g/mol. The standard InChI is InChI=1S/C13H26O3Si/c1-11(2)13(14)16-9-8-15-7-6-10-17(5)12(3)4/h12,17H,1,6-10H2,2-5H3. The van der Waals surface area contributed by atoms with Gasteiger partial charge in [0.15, 0.2) is 0 Å². The fourth-order valence-electron chi connectivity index (χ4n) is 1.26. The molecule has 0 saturated carbocycles. The van der Waals surface area contributed by atoms with Gasteiger partial charge in [-0.1, -0.05) is 38.6 Å². The summed E-state index contributed by atoms with van der Waals surface area (Å²) in [6.45, 7) is 13.7. The van der Waals surface area contributed by atoms with Crippen LogP contribution in [0.15, 0.2) is 12.2 Å². The first-order chi connectivity index (χ1) is 7.95. The van der Waals surface area contributed by atoms with E-state index in [-0.39, 0.29) is 5.97 Å². The molecule has 0 radical (unpaired) electrons. The highest BCUT2D eigenvalue weighted by Gasteiger charge is 2.08. The lowest BCUT2D eigenvalue weighted by Crippen LogP contribution is -2.14. The summed E-state index contributed by atoms with van der Waals surface area (Å²) in [6, 6.07) is 1.32. The molecule has 0 amide bonds. The van der Waals surface area contributed by atoms with Gasteiger partial charge in [-0.25, -0.2) is 4.79 Å². The molecule has 0 aromatic heterocycles. The Morgan fingerprint density at radius 2 is 1.94 bits per heavy atom. The third kappa shape index (κ3) is 9.12. The molecule has 0 aromatic carbocycles. The van der Waals surface area contributed by atoms with Gasteiger partial charge in [-0.3, -0.25) is 0 Å². The van der Waals surface area contributed by atoms with E-state index in [2.05, 4.69) is 27.0 Å². The Bertz CT molecular complexity index is 239. The van der Waals surface area contributed by atoms with Gasteiger partial charge in [0.2, 0.25) is 0 Å². The largest absolute Gasteiger partial charge is 0.460 e. The normalized spacial score (nSPS) is 12.5. The molecule has 0 aliphatic heterocycles. The van der Waals surface area contributed by atoms with Crippen molar-refractivity contribution in [3.8, 4) is 0 Å². The van der Waals surface area contributed by atoms with Gasteiger partial charge in [0.05, 0.1) is 6.61 Å². The monoisotopic (exact) mass is 258 g/mol. The molecule has 3 nitrogen and oxygen atoms in total. The summed E-state index contributed by atoms with van der Waals surface area (Å²) < 4.78 is 10.3. The molecule has 0 aliphatic carbocycles. The minimum atomic E-state index is -0.541. The lowest BCUT2D eigenvalue weighted by atomic mass is 10.4. The molecule has 0 heterocycles. The average Bonchev–Trinajstić information content (AvgIpc) is 2.26. The van der Waals surface area contributed by atoms with Gasteiger partial charge in [0.1, 0.15) is 6.61 Å². The summed E-state index contributed by atoms with van der Waals surface area (Å²) in [5.41, 5.74) is 1.30. The third-order valence-electron chi connectivity index (χ3n) is 2.90. The number of esters is 1. The van der Waals surface area contributed by atoms with Gasteiger partial charge in [-0.15, -0.1) is 0 Å². The molecule has 100 valence electrons. The number of hydrogen-bond donors (Lipinski definition) is 0. The second-order valence-electron chi connectivity index (χ2n) is 4.89. The second-order valence-corrected chi connectivity index (χ2v) is 8.76. The molecule has 0 saturated heterocycles.